The lowest BCUT2D eigenvalue weighted by molar-refractivity contribution is -0.116. The Hall–Kier alpha value is -2.08. The molecule has 0 bridgehead atoms. The minimum Gasteiger partial charge on any atom is -0.399 e. The zero-order valence-electron chi connectivity index (χ0n) is 11.7. The summed E-state index contributed by atoms with van der Waals surface area (Å²) in [5.41, 5.74) is 13.6. The molecule has 21 heavy (non-hydrogen) atoms. The summed E-state index contributed by atoms with van der Waals surface area (Å²) >= 11 is 3.42. The SMILES string of the molecule is Cc1nc(N(CC(N)=O)Cc2ccc(N)cc2)ccc1Br. The van der Waals surface area contributed by atoms with Gasteiger partial charge in [0.25, 0.3) is 0 Å². The predicted molar refractivity (Wildman–Crippen MR) is 87.8 cm³/mol. The van der Waals surface area contributed by atoms with Crippen molar-refractivity contribution < 1.29 is 4.79 Å². The Bertz CT molecular complexity index is 643. The highest BCUT2D eigenvalue weighted by molar-refractivity contribution is 9.10. The third kappa shape index (κ3) is 4.19. The van der Waals surface area contributed by atoms with Crippen molar-refractivity contribution in [3.63, 3.8) is 0 Å². The van der Waals surface area contributed by atoms with Crippen molar-refractivity contribution in [1.82, 2.24) is 4.98 Å². The number of carbonyl (C=O) groups is 1. The second-order valence-corrected chi connectivity index (χ2v) is 5.65. The van der Waals surface area contributed by atoms with E-state index in [-0.39, 0.29) is 6.54 Å². The maximum absolute atomic E-state index is 11.3. The third-order valence-corrected chi connectivity index (χ3v) is 3.87. The third-order valence-electron chi connectivity index (χ3n) is 3.03. The van der Waals surface area contributed by atoms with Gasteiger partial charge in [0.05, 0.1) is 12.2 Å². The van der Waals surface area contributed by atoms with E-state index in [1.54, 1.807) is 0 Å². The van der Waals surface area contributed by atoms with E-state index in [4.69, 9.17) is 11.5 Å². The molecule has 2 aromatic rings. The molecule has 0 aliphatic rings. The number of rotatable bonds is 5. The number of nitrogens with two attached hydrogens (primary N) is 2. The van der Waals surface area contributed by atoms with Gasteiger partial charge in [-0.15, -0.1) is 0 Å². The number of nitrogens with zero attached hydrogens (tertiary/aromatic N) is 2. The monoisotopic (exact) mass is 348 g/mol. The van der Waals surface area contributed by atoms with Crippen molar-refractivity contribution in [2.24, 2.45) is 5.73 Å². The molecule has 0 spiro atoms. The molecule has 0 aliphatic carbocycles. The van der Waals surface area contributed by atoms with Crippen LogP contribution in [0.4, 0.5) is 11.5 Å². The van der Waals surface area contributed by atoms with Crippen LogP contribution >= 0.6 is 15.9 Å². The highest BCUT2D eigenvalue weighted by atomic mass is 79.9. The molecular formula is C15H17BrN4O. The fourth-order valence-electron chi connectivity index (χ4n) is 1.96. The molecule has 0 saturated heterocycles. The molecule has 110 valence electrons. The van der Waals surface area contributed by atoms with Crippen LogP contribution in [0.1, 0.15) is 11.3 Å². The fourth-order valence-corrected chi connectivity index (χ4v) is 2.18. The smallest absolute Gasteiger partial charge is 0.237 e. The Morgan fingerprint density at radius 1 is 1.24 bits per heavy atom. The average Bonchev–Trinajstić information content (AvgIpc) is 2.43. The van der Waals surface area contributed by atoms with Gasteiger partial charge in [0.2, 0.25) is 5.91 Å². The molecular weight excluding hydrogens is 332 g/mol. The van der Waals surface area contributed by atoms with Crippen molar-refractivity contribution in [3.8, 4) is 0 Å². The summed E-state index contributed by atoms with van der Waals surface area (Å²) < 4.78 is 0.928. The zero-order valence-corrected chi connectivity index (χ0v) is 13.3. The largest absolute Gasteiger partial charge is 0.399 e. The van der Waals surface area contributed by atoms with E-state index in [0.29, 0.717) is 18.1 Å². The van der Waals surface area contributed by atoms with Crippen LogP contribution in [0, 0.1) is 6.92 Å². The van der Waals surface area contributed by atoms with Crippen LogP contribution in [0.2, 0.25) is 0 Å². The number of aryl methyl sites for hydroxylation is 1. The molecule has 0 radical (unpaired) electrons. The molecule has 1 aromatic carbocycles. The summed E-state index contributed by atoms with van der Waals surface area (Å²) in [5, 5.41) is 0. The first kappa shape index (κ1) is 15.3. The van der Waals surface area contributed by atoms with Gasteiger partial charge in [0, 0.05) is 16.7 Å². The van der Waals surface area contributed by atoms with Crippen molar-refractivity contribution >= 4 is 33.3 Å². The van der Waals surface area contributed by atoms with Crippen LogP contribution in [0.15, 0.2) is 40.9 Å². The Balaban J connectivity index is 2.26. The lowest BCUT2D eigenvalue weighted by Gasteiger charge is -2.23. The number of amides is 1. The molecule has 0 fully saturated rings. The van der Waals surface area contributed by atoms with Crippen LogP contribution in [0.3, 0.4) is 0 Å². The summed E-state index contributed by atoms with van der Waals surface area (Å²) in [4.78, 5) is 17.6. The van der Waals surface area contributed by atoms with E-state index in [1.807, 2.05) is 48.2 Å². The summed E-state index contributed by atoms with van der Waals surface area (Å²) in [6.45, 7) is 2.55. The standard InChI is InChI=1S/C15H17BrN4O/c1-10-13(16)6-7-15(19-10)20(9-14(18)21)8-11-2-4-12(17)5-3-11/h2-7H,8-9,17H2,1H3,(H2,18,21). The van der Waals surface area contributed by atoms with Crippen molar-refractivity contribution in [1.29, 1.82) is 0 Å². The van der Waals surface area contributed by atoms with E-state index in [0.717, 1.165) is 15.7 Å². The number of anilines is 2. The highest BCUT2D eigenvalue weighted by Gasteiger charge is 2.12. The van der Waals surface area contributed by atoms with Gasteiger partial charge >= 0.3 is 0 Å². The van der Waals surface area contributed by atoms with Gasteiger partial charge in [-0.05, 0) is 52.7 Å². The number of pyridine rings is 1. The van der Waals surface area contributed by atoms with Crippen molar-refractivity contribution in [3.05, 3.63) is 52.1 Å². The second-order valence-electron chi connectivity index (χ2n) is 4.80. The highest BCUT2D eigenvalue weighted by Crippen LogP contribution is 2.20. The maximum Gasteiger partial charge on any atom is 0.237 e. The normalized spacial score (nSPS) is 10.4. The molecule has 2 rings (SSSR count). The first-order valence-electron chi connectivity index (χ1n) is 6.46. The Kier molecular flexibility index (Phi) is 4.80. The average molecular weight is 349 g/mol. The number of hydrogen-bond acceptors (Lipinski definition) is 4. The van der Waals surface area contributed by atoms with E-state index < -0.39 is 5.91 Å². The molecule has 0 atom stereocenters. The molecule has 6 heteroatoms. The predicted octanol–water partition coefficient (Wildman–Crippen LogP) is 2.23. The molecule has 0 unspecified atom stereocenters. The van der Waals surface area contributed by atoms with Crippen LogP contribution in [-0.4, -0.2) is 17.4 Å². The molecule has 1 aromatic heterocycles. The number of primary amides is 1. The van der Waals surface area contributed by atoms with E-state index >= 15 is 0 Å². The van der Waals surface area contributed by atoms with Crippen LogP contribution < -0.4 is 16.4 Å². The van der Waals surface area contributed by atoms with Gasteiger partial charge in [0.1, 0.15) is 5.82 Å². The minimum absolute atomic E-state index is 0.110. The van der Waals surface area contributed by atoms with Gasteiger partial charge < -0.3 is 16.4 Å². The maximum atomic E-state index is 11.3. The van der Waals surface area contributed by atoms with Gasteiger partial charge in [-0.2, -0.15) is 0 Å². The number of hydrogen-bond donors (Lipinski definition) is 2. The number of nitrogen functional groups attached to an aromatic ring is 1. The minimum atomic E-state index is -0.396. The first-order valence-corrected chi connectivity index (χ1v) is 7.26. The number of halogens is 1. The lowest BCUT2D eigenvalue weighted by atomic mass is 10.2. The van der Waals surface area contributed by atoms with Crippen LogP contribution in [0.5, 0.6) is 0 Å². The Morgan fingerprint density at radius 3 is 2.48 bits per heavy atom. The van der Waals surface area contributed by atoms with Crippen LogP contribution in [0.25, 0.3) is 0 Å². The first-order chi connectivity index (χ1) is 9.95. The quantitative estimate of drug-likeness (QED) is 0.811. The molecule has 1 amide bonds. The molecule has 0 saturated carbocycles. The van der Waals surface area contributed by atoms with E-state index in [9.17, 15) is 4.79 Å². The van der Waals surface area contributed by atoms with Crippen molar-refractivity contribution in [2.75, 3.05) is 17.2 Å². The topological polar surface area (TPSA) is 85.2 Å². The number of aromatic nitrogens is 1. The molecule has 5 nitrogen and oxygen atoms in total. The Labute approximate surface area is 132 Å². The number of carbonyl (C=O) groups excluding carboxylic acids is 1. The summed E-state index contributed by atoms with van der Waals surface area (Å²) in [6.07, 6.45) is 0. The van der Waals surface area contributed by atoms with Crippen molar-refractivity contribution in [2.45, 2.75) is 13.5 Å². The zero-order chi connectivity index (χ0) is 15.4. The van der Waals surface area contributed by atoms with Crippen LogP contribution in [-0.2, 0) is 11.3 Å². The summed E-state index contributed by atoms with van der Waals surface area (Å²) in [7, 11) is 0. The van der Waals surface area contributed by atoms with Gasteiger partial charge in [-0.3, -0.25) is 4.79 Å². The number of benzene rings is 1. The summed E-state index contributed by atoms with van der Waals surface area (Å²) in [5.74, 6) is 0.319. The van der Waals surface area contributed by atoms with Gasteiger partial charge in [-0.25, -0.2) is 4.98 Å². The summed E-state index contributed by atoms with van der Waals surface area (Å²) in [6, 6.07) is 11.3. The molecule has 1 heterocycles. The van der Waals surface area contributed by atoms with Gasteiger partial charge in [-0.1, -0.05) is 12.1 Å². The van der Waals surface area contributed by atoms with Gasteiger partial charge in [0.15, 0.2) is 0 Å². The Morgan fingerprint density at radius 2 is 1.90 bits per heavy atom. The fraction of sp³-hybridized carbons (Fsp3) is 0.200. The second kappa shape index (κ2) is 6.58. The lowest BCUT2D eigenvalue weighted by Crippen LogP contribution is -2.34. The van der Waals surface area contributed by atoms with E-state index in [2.05, 4.69) is 20.9 Å². The van der Waals surface area contributed by atoms with E-state index in [1.165, 1.54) is 0 Å². The molecule has 0 aliphatic heterocycles. The molecule has 4 N–H and O–H groups in total.